The molecule has 0 aliphatic rings. The molecule has 1 aromatic carbocycles. The zero-order valence-electron chi connectivity index (χ0n) is 16.4. The fraction of sp³-hybridized carbons (Fsp3) is 0.400. The SMILES string of the molecule is CC(=O)Nc1cc(-c2ccc(OCC(N)CC(C)C)c(OC(F)(F)F)c2)ccn1. The number of nitrogens with two attached hydrogens (primary N) is 1. The van der Waals surface area contributed by atoms with E-state index in [1.54, 1.807) is 18.2 Å². The summed E-state index contributed by atoms with van der Waals surface area (Å²) < 4.78 is 48.3. The number of ether oxygens (including phenoxy) is 2. The lowest BCUT2D eigenvalue weighted by Gasteiger charge is -2.18. The monoisotopic (exact) mass is 411 g/mol. The van der Waals surface area contributed by atoms with Crippen molar-refractivity contribution in [3.63, 3.8) is 0 Å². The fourth-order valence-corrected chi connectivity index (χ4v) is 2.74. The number of aromatic nitrogens is 1. The number of nitrogens with zero attached hydrogens (tertiary/aromatic N) is 1. The first-order valence-electron chi connectivity index (χ1n) is 9.05. The second-order valence-electron chi connectivity index (χ2n) is 7.02. The Morgan fingerprint density at radius 1 is 1.17 bits per heavy atom. The van der Waals surface area contributed by atoms with Gasteiger partial charge in [-0.3, -0.25) is 4.79 Å². The van der Waals surface area contributed by atoms with E-state index in [9.17, 15) is 18.0 Å². The van der Waals surface area contributed by atoms with Gasteiger partial charge in [0.1, 0.15) is 12.4 Å². The van der Waals surface area contributed by atoms with Gasteiger partial charge in [-0.1, -0.05) is 19.9 Å². The highest BCUT2D eigenvalue weighted by molar-refractivity contribution is 5.88. The molecule has 1 atom stereocenters. The van der Waals surface area contributed by atoms with E-state index in [0.717, 1.165) is 0 Å². The Labute approximate surface area is 167 Å². The maximum Gasteiger partial charge on any atom is 0.573 e. The van der Waals surface area contributed by atoms with Gasteiger partial charge in [-0.25, -0.2) is 4.98 Å². The largest absolute Gasteiger partial charge is 0.573 e. The molecule has 158 valence electrons. The molecule has 0 bridgehead atoms. The third-order valence-electron chi connectivity index (χ3n) is 3.79. The Morgan fingerprint density at radius 3 is 2.48 bits per heavy atom. The predicted octanol–water partition coefficient (Wildman–Crippen LogP) is 4.36. The summed E-state index contributed by atoms with van der Waals surface area (Å²) in [6.07, 6.45) is -2.76. The van der Waals surface area contributed by atoms with Crippen LogP contribution in [0, 0.1) is 5.92 Å². The highest BCUT2D eigenvalue weighted by Crippen LogP contribution is 2.36. The van der Waals surface area contributed by atoms with Gasteiger partial charge in [0.05, 0.1) is 0 Å². The van der Waals surface area contributed by atoms with Gasteiger partial charge in [0.2, 0.25) is 5.91 Å². The average Bonchev–Trinajstić information content (AvgIpc) is 2.58. The Morgan fingerprint density at radius 2 is 1.86 bits per heavy atom. The van der Waals surface area contributed by atoms with Crippen LogP contribution in [0.5, 0.6) is 11.5 Å². The summed E-state index contributed by atoms with van der Waals surface area (Å²) in [5.74, 6) is -0.206. The normalized spacial score (nSPS) is 12.6. The van der Waals surface area contributed by atoms with Crippen molar-refractivity contribution in [2.75, 3.05) is 11.9 Å². The summed E-state index contributed by atoms with van der Waals surface area (Å²) in [6.45, 7) is 5.39. The molecule has 2 rings (SSSR count). The van der Waals surface area contributed by atoms with Crippen LogP contribution in [0.15, 0.2) is 36.5 Å². The molecule has 0 aliphatic heterocycles. The summed E-state index contributed by atoms with van der Waals surface area (Å²) >= 11 is 0. The predicted molar refractivity (Wildman–Crippen MR) is 104 cm³/mol. The molecule has 2 aromatic rings. The highest BCUT2D eigenvalue weighted by Gasteiger charge is 2.32. The molecule has 0 fully saturated rings. The van der Waals surface area contributed by atoms with Gasteiger partial charge in [0, 0.05) is 19.2 Å². The second-order valence-corrected chi connectivity index (χ2v) is 7.02. The molecular weight excluding hydrogens is 387 g/mol. The summed E-state index contributed by atoms with van der Waals surface area (Å²) in [7, 11) is 0. The first kappa shape index (κ1) is 22.5. The van der Waals surface area contributed by atoms with Crippen molar-refractivity contribution in [1.82, 2.24) is 4.98 Å². The van der Waals surface area contributed by atoms with E-state index in [-0.39, 0.29) is 30.1 Å². The highest BCUT2D eigenvalue weighted by atomic mass is 19.4. The fourth-order valence-electron chi connectivity index (χ4n) is 2.74. The van der Waals surface area contributed by atoms with Crippen LogP contribution < -0.4 is 20.5 Å². The molecule has 1 heterocycles. The molecule has 1 amide bonds. The Hall–Kier alpha value is -2.81. The minimum atomic E-state index is -4.88. The number of rotatable bonds is 8. The van der Waals surface area contributed by atoms with Crippen LogP contribution in [0.2, 0.25) is 0 Å². The van der Waals surface area contributed by atoms with Crippen molar-refractivity contribution in [2.24, 2.45) is 11.7 Å². The number of halogens is 3. The number of anilines is 1. The molecule has 1 aromatic heterocycles. The number of hydrogen-bond acceptors (Lipinski definition) is 5. The molecule has 3 N–H and O–H groups in total. The Bertz CT molecular complexity index is 841. The zero-order valence-corrected chi connectivity index (χ0v) is 16.4. The lowest BCUT2D eigenvalue weighted by Crippen LogP contribution is -2.29. The van der Waals surface area contributed by atoms with Gasteiger partial charge in [-0.15, -0.1) is 13.2 Å². The Kier molecular flexibility index (Phi) is 7.44. The third-order valence-corrected chi connectivity index (χ3v) is 3.79. The molecule has 29 heavy (non-hydrogen) atoms. The van der Waals surface area contributed by atoms with Crippen molar-refractivity contribution >= 4 is 11.7 Å². The zero-order chi connectivity index (χ0) is 21.6. The quantitative estimate of drug-likeness (QED) is 0.674. The lowest BCUT2D eigenvalue weighted by molar-refractivity contribution is -0.275. The summed E-state index contributed by atoms with van der Waals surface area (Å²) in [4.78, 5) is 15.2. The second kappa shape index (κ2) is 9.60. The maximum absolute atomic E-state index is 12.9. The van der Waals surface area contributed by atoms with Crippen molar-refractivity contribution < 1.29 is 27.4 Å². The number of benzene rings is 1. The molecule has 0 spiro atoms. The number of hydrogen-bond donors (Lipinski definition) is 2. The van der Waals surface area contributed by atoms with Gasteiger partial charge >= 0.3 is 6.36 Å². The van der Waals surface area contributed by atoms with E-state index in [2.05, 4.69) is 15.0 Å². The topological polar surface area (TPSA) is 86.5 Å². The number of nitrogens with one attached hydrogen (secondary N) is 1. The van der Waals surface area contributed by atoms with Crippen LogP contribution in [0.3, 0.4) is 0 Å². The van der Waals surface area contributed by atoms with Crippen LogP contribution in [0.4, 0.5) is 19.0 Å². The minimum Gasteiger partial charge on any atom is -0.488 e. The molecule has 0 saturated heterocycles. The lowest BCUT2D eigenvalue weighted by atomic mass is 10.1. The van der Waals surface area contributed by atoms with Crippen LogP contribution in [0.1, 0.15) is 27.2 Å². The molecule has 0 saturated carbocycles. The molecule has 1 unspecified atom stereocenters. The van der Waals surface area contributed by atoms with Gasteiger partial charge in [0.25, 0.3) is 0 Å². The summed E-state index contributed by atoms with van der Waals surface area (Å²) in [6, 6.07) is 7.07. The summed E-state index contributed by atoms with van der Waals surface area (Å²) in [5.41, 5.74) is 6.94. The van der Waals surface area contributed by atoms with Crippen LogP contribution in [-0.2, 0) is 4.79 Å². The van der Waals surface area contributed by atoms with Gasteiger partial charge in [0.15, 0.2) is 11.5 Å². The van der Waals surface area contributed by atoms with Crippen molar-refractivity contribution in [2.45, 2.75) is 39.6 Å². The van der Waals surface area contributed by atoms with Crippen LogP contribution in [-0.4, -0.2) is 29.9 Å². The third kappa shape index (κ3) is 7.61. The Balaban J connectivity index is 2.29. The first-order chi connectivity index (χ1) is 13.5. The minimum absolute atomic E-state index is 0.0542. The first-order valence-corrected chi connectivity index (χ1v) is 9.05. The van der Waals surface area contributed by atoms with Crippen LogP contribution in [0.25, 0.3) is 11.1 Å². The summed E-state index contributed by atoms with van der Waals surface area (Å²) in [5, 5.41) is 2.53. The van der Waals surface area contributed by atoms with E-state index >= 15 is 0 Å². The molecule has 9 heteroatoms. The number of carbonyl (C=O) groups excluding carboxylic acids is 1. The molecule has 0 aliphatic carbocycles. The van der Waals surface area contributed by atoms with E-state index in [1.807, 2.05) is 13.8 Å². The van der Waals surface area contributed by atoms with Gasteiger partial charge in [-0.05, 0) is 47.7 Å². The van der Waals surface area contributed by atoms with E-state index < -0.39 is 12.1 Å². The van der Waals surface area contributed by atoms with Crippen molar-refractivity contribution in [1.29, 1.82) is 0 Å². The van der Waals surface area contributed by atoms with E-state index in [4.69, 9.17) is 10.5 Å². The van der Waals surface area contributed by atoms with Crippen molar-refractivity contribution in [3.05, 3.63) is 36.5 Å². The molecule has 0 radical (unpaired) electrons. The number of alkyl halides is 3. The van der Waals surface area contributed by atoms with Crippen LogP contribution >= 0.6 is 0 Å². The van der Waals surface area contributed by atoms with E-state index in [1.165, 1.54) is 25.3 Å². The van der Waals surface area contributed by atoms with E-state index in [0.29, 0.717) is 23.5 Å². The van der Waals surface area contributed by atoms with Crippen molar-refractivity contribution in [3.8, 4) is 22.6 Å². The number of pyridine rings is 1. The molecular formula is C20H24F3N3O3. The van der Waals surface area contributed by atoms with Gasteiger partial charge in [-0.2, -0.15) is 0 Å². The number of carbonyl (C=O) groups is 1. The maximum atomic E-state index is 12.9. The smallest absolute Gasteiger partial charge is 0.488 e. The van der Waals surface area contributed by atoms with Gasteiger partial charge < -0.3 is 20.5 Å². The number of amides is 1. The standard InChI is InChI=1S/C20H24F3N3O3/c1-12(2)8-16(24)11-28-17-5-4-14(9-18(17)29-20(21,22)23)15-6-7-25-19(10-15)26-13(3)27/h4-7,9-10,12,16H,8,11,24H2,1-3H3,(H,25,26,27). The molecule has 6 nitrogen and oxygen atoms in total. The average molecular weight is 411 g/mol.